The quantitative estimate of drug-likeness (QED) is 0.803. The predicted octanol–water partition coefficient (Wildman–Crippen LogP) is 3.57. The average molecular weight is 240 g/mol. The molecule has 0 aliphatic heterocycles. The summed E-state index contributed by atoms with van der Waals surface area (Å²) >= 11 is 0. The molecule has 0 atom stereocenters. The molecule has 0 radical (unpaired) electrons. The van der Waals surface area contributed by atoms with Crippen molar-refractivity contribution in [1.82, 2.24) is 0 Å². The summed E-state index contributed by atoms with van der Waals surface area (Å²) in [6.45, 7) is 0. The summed E-state index contributed by atoms with van der Waals surface area (Å²) in [5.74, 6) is 0. The van der Waals surface area contributed by atoms with E-state index in [0.29, 0.717) is 18.6 Å². The Bertz CT molecular complexity index is 427. The van der Waals surface area contributed by atoms with E-state index >= 15 is 0 Å². The van der Waals surface area contributed by atoms with Crippen LogP contribution in [0.4, 0.5) is 13.2 Å². The molecule has 90 valence electrons. The first kappa shape index (κ1) is 13.2. The van der Waals surface area contributed by atoms with E-state index in [-0.39, 0.29) is 6.42 Å². The van der Waals surface area contributed by atoms with E-state index in [1.807, 2.05) is 6.07 Å². The van der Waals surface area contributed by atoms with Crippen molar-refractivity contribution in [3.63, 3.8) is 0 Å². The monoisotopic (exact) mass is 240 g/mol. The topological polar surface area (TPSA) is 47.6 Å². The van der Waals surface area contributed by atoms with Crippen LogP contribution in [0.5, 0.6) is 0 Å². The lowest BCUT2D eigenvalue weighted by molar-refractivity contribution is -0.137. The molecular formula is C12H11F3N2. The van der Waals surface area contributed by atoms with Crippen LogP contribution in [-0.2, 0) is 12.6 Å². The third kappa shape index (κ3) is 4.27. The van der Waals surface area contributed by atoms with Crippen molar-refractivity contribution < 1.29 is 13.2 Å². The van der Waals surface area contributed by atoms with Gasteiger partial charge in [-0.05, 0) is 30.5 Å². The zero-order valence-electron chi connectivity index (χ0n) is 9.01. The molecule has 1 rings (SSSR count). The molecule has 1 N–H and O–H groups in total. The van der Waals surface area contributed by atoms with E-state index in [2.05, 4.69) is 0 Å². The molecule has 1 aromatic rings. The van der Waals surface area contributed by atoms with Crippen molar-refractivity contribution in [3.8, 4) is 6.07 Å². The van der Waals surface area contributed by atoms with Crippen LogP contribution in [0.3, 0.4) is 0 Å². The number of aryl methyl sites for hydroxylation is 1. The molecule has 0 bridgehead atoms. The van der Waals surface area contributed by atoms with Gasteiger partial charge in [-0.15, -0.1) is 0 Å². The lowest BCUT2D eigenvalue weighted by Crippen LogP contribution is -2.05. The van der Waals surface area contributed by atoms with Gasteiger partial charge in [-0.1, -0.05) is 12.1 Å². The highest BCUT2D eigenvalue weighted by Gasteiger charge is 2.29. The summed E-state index contributed by atoms with van der Waals surface area (Å²) in [6, 6.07) is 6.73. The first-order valence-corrected chi connectivity index (χ1v) is 5.03. The Kier molecular flexibility index (Phi) is 4.27. The second-order valence-electron chi connectivity index (χ2n) is 3.63. The highest BCUT2D eigenvalue weighted by atomic mass is 19.4. The fraction of sp³-hybridized carbons (Fsp3) is 0.333. The summed E-state index contributed by atoms with van der Waals surface area (Å²) in [4.78, 5) is 0. The molecule has 2 nitrogen and oxygen atoms in total. The molecule has 0 aliphatic rings. The Labute approximate surface area is 97.2 Å². The second kappa shape index (κ2) is 5.48. The molecule has 0 saturated carbocycles. The Hall–Kier alpha value is -1.83. The number of benzene rings is 1. The van der Waals surface area contributed by atoms with E-state index in [0.717, 1.165) is 17.7 Å². The van der Waals surface area contributed by atoms with Crippen LogP contribution < -0.4 is 0 Å². The summed E-state index contributed by atoms with van der Waals surface area (Å²) < 4.78 is 36.8. The second-order valence-corrected chi connectivity index (χ2v) is 3.63. The van der Waals surface area contributed by atoms with Crippen LogP contribution in [0.25, 0.3) is 0 Å². The van der Waals surface area contributed by atoms with E-state index in [1.165, 1.54) is 12.1 Å². The summed E-state index contributed by atoms with van der Waals surface area (Å²) in [5, 5.41) is 15.7. The molecule has 0 fully saturated rings. The Morgan fingerprint density at radius 2 is 1.82 bits per heavy atom. The number of hydrogen-bond acceptors (Lipinski definition) is 2. The third-order valence-electron chi connectivity index (χ3n) is 2.29. The molecule has 5 heteroatoms. The number of nitrogens with zero attached hydrogens (tertiary/aromatic N) is 1. The fourth-order valence-corrected chi connectivity index (χ4v) is 1.34. The van der Waals surface area contributed by atoms with Crippen LogP contribution in [0.15, 0.2) is 24.3 Å². The van der Waals surface area contributed by atoms with Crippen molar-refractivity contribution in [1.29, 1.82) is 10.7 Å². The van der Waals surface area contributed by atoms with Gasteiger partial charge in [-0.25, -0.2) is 0 Å². The van der Waals surface area contributed by atoms with Crippen LogP contribution in [-0.4, -0.2) is 5.71 Å². The molecule has 0 unspecified atom stereocenters. The normalized spacial score (nSPS) is 10.9. The summed E-state index contributed by atoms with van der Waals surface area (Å²) in [5.41, 5.74) is 0.362. The van der Waals surface area contributed by atoms with Crippen molar-refractivity contribution in [2.75, 3.05) is 0 Å². The maximum absolute atomic E-state index is 12.3. The molecule has 0 aromatic heterocycles. The number of nitrogens with one attached hydrogen (secondary N) is 1. The predicted molar refractivity (Wildman–Crippen MR) is 57.7 cm³/mol. The van der Waals surface area contributed by atoms with Crippen molar-refractivity contribution in [2.24, 2.45) is 0 Å². The lowest BCUT2D eigenvalue weighted by atomic mass is 10.0. The molecule has 1 aromatic carbocycles. The third-order valence-corrected chi connectivity index (χ3v) is 2.29. The van der Waals surface area contributed by atoms with E-state index in [4.69, 9.17) is 10.7 Å². The van der Waals surface area contributed by atoms with Gasteiger partial charge in [-0.3, -0.25) is 0 Å². The molecule has 0 aliphatic carbocycles. The fourth-order valence-electron chi connectivity index (χ4n) is 1.34. The number of hydrogen-bond donors (Lipinski definition) is 1. The van der Waals surface area contributed by atoms with Crippen LogP contribution >= 0.6 is 0 Å². The first-order chi connectivity index (χ1) is 7.93. The minimum absolute atomic E-state index is 0.0701. The Balaban J connectivity index is 2.58. The Morgan fingerprint density at radius 3 is 2.29 bits per heavy atom. The zero-order valence-corrected chi connectivity index (χ0v) is 9.01. The van der Waals surface area contributed by atoms with Crippen molar-refractivity contribution >= 4 is 5.71 Å². The van der Waals surface area contributed by atoms with Gasteiger partial charge >= 0.3 is 6.18 Å². The number of rotatable bonds is 4. The maximum atomic E-state index is 12.3. The minimum atomic E-state index is -4.31. The van der Waals surface area contributed by atoms with E-state index in [9.17, 15) is 13.2 Å². The standard InChI is InChI=1S/C12H11F3N2/c13-12(14,15)10-4-1-9(2-5-10)3-6-11(17)7-8-16/h1-2,4-5,17H,3,6-7H2. The molecule has 17 heavy (non-hydrogen) atoms. The highest BCUT2D eigenvalue weighted by molar-refractivity contribution is 5.83. The number of halogens is 3. The van der Waals surface area contributed by atoms with Gasteiger partial charge < -0.3 is 5.41 Å². The van der Waals surface area contributed by atoms with E-state index < -0.39 is 11.7 Å². The Morgan fingerprint density at radius 1 is 1.24 bits per heavy atom. The maximum Gasteiger partial charge on any atom is 0.416 e. The number of alkyl halides is 3. The molecule has 0 amide bonds. The molecule has 0 saturated heterocycles. The van der Waals surface area contributed by atoms with Gasteiger partial charge in [0.25, 0.3) is 0 Å². The van der Waals surface area contributed by atoms with Gasteiger partial charge in [0.15, 0.2) is 0 Å². The molecular weight excluding hydrogens is 229 g/mol. The van der Waals surface area contributed by atoms with Gasteiger partial charge in [0.1, 0.15) is 0 Å². The van der Waals surface area contributed by atoms with Crippen LogP contribution in [0.2, 0.25) is 0 Å². The number of nitriles is 1. The molecule has 0 spiro atoms. The van der Waals surface area contributed by atoms with Gasteiger partial charge in [0.05, 0.1) is 18.1 Å². The van der Waals surface area contributed by atoms with Crippen LogP contribution in [0, 0.1) is 16.7 Å². The van der Waals surface area contributed by atoms with Crippen molar-refractivity contribution in [3.05, 3.63) is 35.4 Å². The highest BCUT2D eigenvalue weighted by Crippen LogP contribution is 2.29. The first-order valence-electron chi connectivity index (χ1n) is 5.03. The average Bonchev–Trinajstić information content (AvgIpc) is 2.26. The van der Waals surface area contributed by atoms with E-state index in [1.54, 1.807) is 0 Å². The molecule has 0 heterocycles. The zero-order chi connectivity index (χ0) is 12.9. The van der Waals surface area contributed by atoms with Gasteiger partial charge in [-0.2, -0.15) is 18.4 Å². The van der Waals surface area contributed by atoms with Gasteiger partial charge in [0, 0.05) is 5.71 Å². The lowest BCUT2D eigenvalue weighted by Gasteiger charge is -2.07. The minimum Gasteiger partial charge on any atom is -0.309 e. The van der Waals surface area contributed by atoms with Gasteiger partial charge in [0.2, 0.25) is 0 Å². The largest absolute Gasteiger partial charge is 0.416 e. The summed E-state index contributed by atoms with van der Waals surface area (Å²) in [7, 11) is 0. The van der Waals surface area contributed by atoms with Crippen molar-refractivity contribution in [2.45, 2.75) is 25.4 Å². The van der Waals surface area contributed by atoms with Crippen LogP contribution in [0.1, 0.15) is 24.0 Å². The smallest absolute Gasteiger partial charge is 0.309 e. The summed E-state index contributed by atoms with van der Waals surface area (Å²) in [6.07, 6.45) is -3.36. The SMILES string of the molecule is N#CCC(=N)CCc1ccc(C(F)(F)F)cc1.